The van der Waals surface area contributed by atoms with Crippen LogP contribution in [-0.4, -0.2) is 101 Å². The second-order valence-electron chi connectivity index (χ2n) is 10.9. The Balaban J connectivity index is 0.967. The first kappa shape index (κ1) is 39.3. The van der Waals surface area contributed by atoms with E-state index < -0.39 is 15.7 Å². The maximum Gasteiger partial charge on any atom is 0.297 e. The van der Waals surface area contributed by atoms with Gasteiger partial charge < -0.3 is 33.2 Å². The molecule has 50 heavy (non-hydrogen) atoms. The van der Waals surface area contributed by atoms with E-state index in [2.05, 4.69) is 36.4 Å². The fourth-order valence-electron chi connectivity index (χ4n) is 5.08. The molecule has 0 fully saturated rings. The van der Waals surface area contributed by atoms with Gasteiger partial charge in [0.1, 0.15) is 5.60 Å². The summed E-state index contributed by atoms with van der Waals surface area (Å²) in [5, 5.41) is 0. The molecule has 0 radical (unpaired) electrons. The highest BCUT2D eigenvalue weighted by atomic mass is 32.2. The number of hydrogen-bond donors (Lipinski definition) is 0. The van der Waals surface area contributed by atoms with Crippen LogP contribution in [0.15, 0.2) is 126 Å². The first-order chi connectivity index (χ1) is 24.6. The van der Waals surface area contributed by atoms with Gasteiger partial charge in [0.2, 0.25) is 0 Å². The van der Waals surface area contributed by atoms with Gasteiger partial charge >= 0.3 is 0 Å². The van der Waals surface area contributed by atoms with E-state index in [1.165, 1.54) is 12.1 Å². The lowest BCUT2D eigenvalue weighted by molar-refractivity contribution is -0.0395. The van der Waals surface area contributed by atoms with Crippen LogP contribution in [0.1, 0.15) is 16.7 Å². The Hall–Kier alpha value is -3.49. The number of hydrogen-bond acceptors (Lipinski definition) is 10. The normalized spacial score (nSPS) is 11.9. The highest BCUT2D eigenvalue weighted by Gasteiger charge is 2.37. The van der Waals surface area contributed by atoms with Crippen LogP contribution in [0.3, 0.4) is 0 Å². The number of rotatable bonds is 27. The van der Waals surface area contributed by atoms with Gasteiger partial charge in [0.25, 0.3) is 10.1 Å². The Bertz CT molecular complexity index is 1430. The van der Waals surface area contributed by atoms with Gasteiger partial charge in [-0.3, -0.25) is 4.18 Å². The van der Waals surface area contributed by atoms with Crippen LogP contribution in [0.4, 0.5) is 0 Å². The van der Waals surface area contributed by atoms with Crippen molar-refractivity contribution in [3.05, 3.63) is 138 Å². The first-order valence-electron chi connectivity index (χ1n) is 16.8. The fourth-order valence-corrected chi connectivity index (χ4v) is 6.00. The average Bonchev–Trinajstić information content (AvgIpc) is 3.16. The zero-order valence-corrected chi connectivity index (χ0v) is 29.3. The lowest BCUT2D eigenvalue weighted by Gasteiger charge is -2.36. The fraction of sp³-hybridized carbons (Fsp3) is 0.385. The molecule has 0 spiro atoms. The molecule has 0 heterocycles. The van der Waals surface area contributed by atoms with Gasteiger partial charge in [0.15, 0.2) is 0 Å². The third-order valence-corrected chi connectivity index (χ3v) is 8.77. The van der Waals surface area contributed by atoms with Crippen LogP contribution >= 0.6 is 0 Å². The topological polar surface area (TPSA) is 108 Å². The molecule has 270 valence electrons. The summed E-state index contributed by atoms with van der Waals surface area (Å²) in [5.41, 5.74) is 2.41. The molecule has 0 aliphatic carbocycles. The van der Waals surface area contributed by atoms with Gasteiger partial charge in [0, 0.05) is 0 Å². The molecule has 0 aliphatic heterocycles. The van der Waals surface area contributed by atoms with Gasteiger partial charge in [-0.1, -0.05) is 109 Å². The predicted octanol–water partition coefficient (Wildman–Crippen LogP) is 5.50. The van der Waals surface area contributed by atoms with E-state index in [9.17, 15) is 8.42 Å². The maximum atomic E-state index is 12.0. The summed E-state index contributed by atoms with van der Waals surface area (Å²) >= 11 is 0. The minimum Gasteiger partial charge on any atom is -0.377 e. The molecule has 11 heteroatoms. The number of ether oxygens (including phenoxy) is 7. The Kier molecular flexibility index (Phi) is 18.1. The minimum atomic E-state index is -3.76. The smallest absolute Gasteiger partial charge is 0.297 e. The largest absolute Gasteiger partial charge is 0.377 e. The molecular weight excluding hydrogens is 660 g/mol. The van der Waals surface area contributed by atoms with E-state index in [1.807, 2.05) is 54.6 Å². The summed E-state index contributed by atoms with van der Waals surface area (Å²) in [6.45, 7) is 5.22. The molecule has 0 aromatic heterocycles. The van der Waals surface area contributed by atoms with Crippen LogP contribution in [0.5, 0.6) is 0 Å². The van der Waals surface area contributed by atoms with Crippen LogP contribution in [0, 0.1) is 0 Å². The Morgan fingerprint density at radius 2 is 0.640 bits per heavy atom. The van der Waals surface area contributed by atoms with Gasteiger partial charge in [-0.15, -0.1) is 0 Å². The third kappa shape index (κ3) is 13.3. The maximum absolute atomic E-state index is 12.0. The highest BCUT2D eigenvalue weighted by Crippen LogP contribution is 2.40. The molecule has 0 saturated carbocycles. The van der Waals surface area contributed by atoms with Crippen molar-refractivity contribution in [3.8, 4) is 0 Å². The molecule has 0 amide bonds. The standard InChI is InChI=1S/C39H48O10S/c40-50(41,38-19-11-4-12-20-38)49-34-32-47-30-28-45-26-24-43-22-21-42-23-25-44-27-29-46-31-33-48-39(35-13-5-1-6-14-35,36-15-7-2-8-16-36)37-17-9-3-10-18-37/h1-20H,21-34H2. The first-order valence-corrected chi connectivity index (χ1v) is 18.3. The van der Waals surface area contributed by atoms with Gasteiger partial charge in [-0.05, 0) is 28.8 Å². The van der Waals surface area contributed by atoms with Crippen molar-refractivity contribution < 1.29 is 45.8 Å². The average molecular weight is 709 g/mol. The van der Waals surface area contributed by atoms with Crippen molar-refractivity contribution in [1.82, 2.24) is 0 Å². The van der Waals surface area contributed by atoms with Crippen molar-refractivity contribution in [3.63, 3.8) is 0 Å². The van der Waals surface area contributed by atoms with Crippen molar-refractivity contribution in [1.29, 1.82) is 0 Å². The molecular formula is C39H48O10S. The van der Waals surface area contributed by atoms with Crippen molar-refractivity contribution >= 4 is 10.1 Å². The molecule has 4 rings (SSSR count). The molecule has 0 aliphatic rings. The van der Waals surface area contributed by atoms with Gasteiger partial charge in [-0.2, -0.15) is 8.42 Å². The second kappa shape index (κ2) is 23.1. The van der Waals surface area contributed by atoms with Crippen LogP contribution in [-0.2, 0) is 53.1 Å². The molecule has 10 nitrogen and oxygen atoms in total. The predicted molar refractivity (Wildman–Crippen MR) is 190 cm³/mol. The van der Waals surface area contributed by atoms with E-state index in [4.69, 9.17) is 37.3 Å². The van der Waals surface area contributed by atoms with Crippen LogP contribution < -0.4 is 0 Å². The summed E-state index contributed by atoms with van der Waals surface area (Å²) in [4.78, 5) is 0.121. The Labute approximate surface area is 296 Å². The molecule has 4 aromatic carbocycles. The summed E-state index contributed by atoms with van der Waals surface area (Å²) < 4.78 is 69.0. The van der Waals surface area contributed by atoms with E-state index in [-0.39, 0.29) is 18.1 Å². The molecule has 0 N–H and O–H groups in total. The molecule has 0 bridgehead atoms. The van der Waals surface area contributed by atoms with Crippen molar-refractivity contribution in [2.45, 2.75) is 10.5 Å². The summed E-state index contributed by atoms with van der Waals surface area (Å²) in [6.07, 6.45) is 0. The summed E-state index contributed by atoms with van der Waals surface area (Å²) in [6, 6.07) is 38.8. The van der Waals surface area contributed by atoms with Crippen LogP contribution in [0.2, 0.25) is 0 Å². The lowest BCUT2D eigenvalue weighted by Crippen LogP contribution is -2.34. The molecule has 4 aromatic rings. The molecule has 0 saturated heterocycles. The van der Waals surface area contributed by atoms with Gasteiger partial charge in [0.05, 0.1) is 97.4 Å². The molecule has 0 unspecified atom stereocenters. The second-order valence-corrected chi connectivity index (χ2v) is 12.5. The Morgan fingerprint density at radius 1 is 0.360 bits per heavy atom. The monoisotopic (exact) mass is 708 g/mol. The SMILES string of the molecule is O=S(=O)(OCCOCCOCCOCCOCCOCCOCCOC(c1ccccc1)(c1ccccc1)c1ccccc1)c1ccccc1. The summed E-state index contributed by atoms with van der Waals surface area (Å²) in [7, 11) is -3.76. The van der Waals surface area contributed by atoms with Crippen LogP contribution in [0.25, 0.3) is 0 Å². The lowest BCUT2D eigenvalue weighted by atomic mass is 9.80. The Morgan fingerprint density at radius 3 is 0.980 bits per heavy atom. The highest BCUT2D eigenvalue weighted by molar-refractivity contribution is 7.86. The third-order valence-electron chi connectivity index (χ3n) is 7.45. The van der Waals surface area contributed by atoms with E-state index in [0.717, 1.165) is 16.7 Å². The van der Waals surface area contributed by atoms with Gasteiger partial charge in [-0.25, -0.2) is 0 Å². The zero-order valence-electron chi connectivity index (χ0n) is 28.4. The molecule has 0 atom stereocenters. The quantitative estimate of drug-likeness (QED) is 0.0448. The van der Waals surface area contributed by atoms with E-state index in [0.29, 0.717) is 79.3 Å². The summed E-state index contributed by atoms with van der Waals surface area (Å²) in [5.74, 6) is 0. The van der Waals surface area contributed by atoms with Crippen molar-refractivity contribution in [2.24, 2.45) is 0 Å². The number of benzene rings is 4. The minimum absolute atomic E-state index is 0.0597. The van der Waals surface area contributed by atoms with E-state index >= 15 is 0 Å². The van der Waals surface area contributed by atoms with E-state index in [1.54, 1.807) is 18.2 Å². The van der Waals surface area contributed by atoms with Crippen molar-refractivity contribution in [2.75, 3.05) is 92.5 Å². The zero-order chi connectivity index (χ0) is 35.0.